The Hall–Kier alpha value is -3.32. The van der Waals surface area contributed by atoms with E-state index in [1.165, 1.54) is 11.1 Å². The summed E-state index contributed by atoms with van der Waals surface area (Å²) in [7, 11) is 0. The molecule has 1 N–H and O–H groups in total. The third-order valence-corrected chi connectivity index (χ3v) is 5.28. The normalized spacial score (nSPS) is 15.0. The van der Waals surface area contributed by atoms with E-state index in [1.807, 2.05) is 43.5 Å². The summed E-state index contributed by atoms with van der Waals surface area (Å²) in [6, 6.07) is 14.1. The number of nitrogens with one attached hydrogen (secondary N) is 1. The summed E-state index contributed by atoms with van der Waals surface area (Å²) in [4.78, 5) is 11.7. The van der Waals surface area contributed by atoms with Crippen LogP contribution in [0.25, 0.3) is 0 Å². The van der Waals surface area contributed by atoms with Crippen LogP contribution in [0.4, 0.5) is 11.6 Å². The summed E-state index contributed by atoms with van der Waals surface area (Å²) in [5.41, 5.74) is 4.45. The second-order valence-electron chi connectivity index (χ2n) is 7.40. The Bertz CT molecular complexity index is 1040. The second-order valence-corrected chi connectivity index (χ2v) is 7.40. The summed E-state index contributed by atoms with van der Waals surface area (Å²) < 4.78 is 16.3. The van der Waals surface area contributed by atoms with Gasteiger partial charge in [-0.3, -0.25) is 4.90 Å². The molecule has 7 nitrogen and oxygen atoms in total. The van der Waals surface area contributed by atoms with E-state index in [9.17, 15) is 0 Å². The van der Waals surface area contributed by atoms with Gasteiger partial charge in [0.2, 0.25) is 12.7 Å². The van der Waals surface area contributed by atoms with Gasteiger partial charge in [0, 0.05) is 49.6 Å². The molecule has 2 aromatic carbocycles. The van der Waals surface area contributed by atoms with Crippen molar-refractivity contribution in [2.75, 3.05) is 25.3 Å². The lowest BCUT2D eigenvalue weighted by atomic mass is 10.1. The van der Waals surface area contributed by atoms with E-state index >= 15 is 0 Å². The minimum Gasteiger partial charge on any atom is -0.494 e. The molecule has 0 atom stereocenters. The van der Waals surface area contributed by atoms with Crippen LogP contribution in [0, 0.1) is 0 Å². The first-order valence-corrected chi connectivity index (χ1v) is 10.2. The molecule has 30 heavy (non-hydrogen) atoms. The number of hydrogen-bond acceptors (Lipinski definition) is 7. The van der Waals surface area contributed by atoms with Crippen LogP contribution in [-0.4, -0.2) is 34.8 Å². The highest BCUT2D eigenvalue weighted by Crippen LogP contribution is 2.35. The highest BCUT2D eigenvalue weighted by atomic mass is 16.7. The topological polar surface area (TPSA) is 68.7 Å². The first kappa shape index (κ1) is 18.7. The fourth-order valence-electron chi connectivity index (χ4n) is 3.79. The second kappa shape index (κ2) is 8.20. The molecule has 0 amide bonds. The van der Waals surface area contributed by atoms with Gasteiger partial charge < -0.3 is 19.5 Å². The molecule has 0 saturated carbocycles. The van der Waals surface area contributed by atoms with E-state index in [0.29, 0.717) is 12.6 Å². The van der Waals surface area contributed by atoms with E-state index in [4.69, 9.17) is 19.2 Å². The molecule has 2 aliphatic rings. The molecule has 1 aromatic heterocycles. The molecule has 2 aliphatic heterocycles. The third kappa shape index (κ3) is 4.02. The highest BCUT2D eigenvalue weighted by Gasteiger charge is 2.19. The van der Waals surface area contributed by atoms with E-state index in [1.54, 1.807) is 0 Å². The smallest absolute Gasteiger partial charge is 0.231 e. The van der Waals surface area contributed by atoms with Gasteiger partial charge in [0.1, 0.15) is 5.75 Å². The maximum Gasteiger partial charge on any atom is 0.231 e. The molecule has 0 fully saturated rings. The lowest BCUT2D eigenvalue weighted by molar-refractivity contribution is 0.174. The SMILES string of the molecule is CCOc1ccc(CN2CCc3nc(Nc4ccc5c(c4)OCO5)ncc3C2)cc1. The highest BCUT2D eigenvalue weighted by molar-refractivity contribution is 5.60. The zero-order valence-corrected chi connectivity index (χ0v) is 16.9. The van der Waals surface area contributed by atoms with Gasteiger partial charge in [-0.1, -0.05) is 12.1 Å². The van der Waals surface area contributed by atoms with Crippen LogP contribution >= 0.6 is 0 Å². The van der Waals surface area contributed by atoms with Crippen molar-refractivity contribution in [3.05, 3.63) is 65.5 Å². The number of rotatable bonds is 6. The van der Waals surface area contributed by atoms with Crippen LogP contribution in [0.3, 0.4) is 0 Å². The van der Waals surface area contributed by atoms with Crippen LogP contribution in [0.1, 0.15) is 23.7 Å². The van der Waals surface area contributed by atoms with Gasteiger partial charge in [0.25, 0.3) is 0 Å². The Balaban J connectivity index is 1.23. The summed E-state index contributed by atoms with van der Waals surface area (Å²) in [5, 5.41) is 3.27. The van der Waals surface area contributed by atoms with Crippen LogP contribution in [-0.2, 0) is 19.5 Å². The number of nitrogens with zero attached hydrogens (tertiary/aromatic N) is 3. The van der Waals surface area contributed by atoms with Gasteiger partial charge >= 0.3 is 0 Å². The number of anilines is 2. The van der Waals surface area contributed by atoms with Gasteiger partial charge in [0.15, 0.2) is 11.5 Å². The quantitative estimate of drug-likeness (QED) is 0.668. The van der Waals surface area contributed by atoms with Crippen LogP contribution in [0.5, 0.6) is 17.2 Å². The predicted octanol–water partition coefficient (Wildman–Crippen LogP) is 3.91. The van der Waals surface area contributed by atoms with Crippen molar-refractivity contribution < 1.29 is 14.2 Å². The van der Waals surface area contributed by atoms with Crippen LogP contribution in [0.2, 0.25) is 0 Å². The van der Waals surface area contributed by atoms with Crippen molar-refractivity contribution in [1.29, 1.82) is 0 Å². The monoisotopic (exact) mass is 404 g/mol. The Labute approximate surface area is 175 Å². The summed E-state index contributed by atoms with van der Waals surface area (Å²) in [5.74, 6) is 3.02. The minimum atomic E-state index is 0.265. The van der Waals surface area contributed by atoms with E-state index < -0.39 is 0 Å². The molecule has 0 aliphatic carbocycles. The first-order chi connectivity index (χ1) is 14.8. The molecule has 3 aromatic rings. The van der Waals surface area contributed by atoms with Gasteiger partial charge in [0.05, 0.1) is 12.3 Å². The van der Waals surface area contributed by atoms with Crippen molar-refractivity contribution in [2.45, 2.75) is 26.4 Å². The summed E-state index contributed by atoms with van der Waals surface area (Å²) in [6.45, 7) is 5.68. The van der Waals surface area contributed by atoms with Gasteiger partial charge in [-0.15, -0.1) is 0 Å². The zero-order valence-electron chi connectivity index (χ0n) is 16.9. The lowest BCUT2D eigenvalue weighted by Crippen LogP contribution is -2.31. The maximum atomic E-state index is 5.52. The number of hydrogen-bond donors (Lipinski definition) is 1. The van der Waals surface area contributed by atoms with Gasteiger partial charge in [-0.25, -0.2) is 9.97 Å². The molecule has 3 heterocycles. The van der Waals surface area contributed by atoms with Crippen molar-refractivity contribution in [3.63, 3.8) is 0 Å². The summed E-state index contributed by atoms with van der Waals surface area (Å²) in [6.07, 6.45) is 2.84. The standard InChI is InChI=1S/C23H24N4O3/c1-2-28-19-6-3-16(4-7-19)13-27-10-9-20-17(14-27)12-24-23(26-20)25-18-5-8-21-22(11-18)30-15-29-21/h3-8,11-12H,2,9-10,13-15H2,1H3,(H,24,25,26). The van der Waals surface area contributed by atoms with Crippen molar-refractivity contribution >= 4 is 11.6 Å². The minimum absolute atomic E-state index is 0.265. The Kier molecular flexibility index (Phi) is 5.11. The largest absolute Gasteiger partial charge is 0.494 e. The molecule has 0 saturated heterocycles. The molecule has 7 heteroatoms. The van der Waals surface area contributed by atoms with E-state index in [2.05, 4.69) is 27.3 Å². The van der Waals surface area contributed by atoms with E-state index in [-0.39, 0.29) is 6.79 Å². The molecule has 0 radical (unpaired) electrons. The molecule has 0 bridgehead atoms. The maximum absolute atomic E-state index is 5.52. The average Bonchev–Trinajstić information content (AvgIpc) is 3.23. The Morgan fingerprint density at radius 2 is 1.97 bits per heavy atom. The fraction of sp³-hybridized carbons (Fsp3) is 0.304. The van der Waals surface area contributed by atoms with Crippen LogP contribution < -0.4 is 19.5 Å². The zero-order chi connectivity index (χ0) is 20.3. The Morgan fingerprint density at radius 1 is 1.10 bits per heavy atom. The number of fused-ring (bicyclic) bond motifs is 2. The molecular formula is C23H24N4O3. The lowest BCUT2D eigenvalue weighted by Gasteiger charge is -2.28. The van der Waals surface area contributed by atoms with Crippen molar-refractivity contribution in [1.82, 2.24) is 14.9 Å². The average molecular weight is 404 g/mol. The number of ether oxygens (including phenoxy) is 3. The van der Waals surface area contributed by atoms with Crippen molar-refractivity contribution in [3.8, 4) is 17.2 Å². The molecule has 0 spiro atoms. The molecule has 0 unspecified atom stereocenters. The van der Waals surface area contributed by atoms with Crippen molar-refractivity contribution in [2.24, 2.45) is 0 Å². The first-order valence-electron chi connectivity index (χ1n) is 10.2. The number of aromatic nitrogens is 2. The van der Waals surface area contributed by atoms with Gasteiger partial charge in [-0.2, -0.15) is 0 Å². The van der Waals surface area contributed by atoms with Gasteiger partial charge in [-0.05, 0) is 36.8 Å². The fourth-order valence-corrected chi connectivity index (χ4v) is 3.79. The summed E-state index contributed by atoms with van der Waals surface area (Å²) >= 11 is 0. The van der Waals surface area contributed by atoms with E-state index in [0.717, 1.165) is 54.7 Å². The molecule has 5 rings (SSSR count). The molecule has 154 valence electrons. The molecular weight excluding hydrogens is 380 g/mol. The Morgan fingerprint density at radius 3 is 2.83 bits per heavy atom. The number of benzene rings is 2. The third-order valence-electron chi connectivity index (χ3n) is 5.28. The van der Waals surface area contributed by atoms with Crippen LogP contribution in [0.15, 0.2) is 48.7 Å². The predicted molar refractivity (Wildman–Crippen MR) is 113 cm³/mol.